The molecule has 0 aromatic heterocycles. The van der Waals surface area contributed by atoms with Crippen LogP contribution in [0.4, 0.5) is 0 Å². The second-order valence-corrected chi connectivity index (χ2v) is 4.45. The number of hydrogen-bond acceptors (Lipinski definition) is 0. The Bertz CT molecular complexity index is 199. The lowest BCUT2D eigenvalue weighted by atomic mass is 9.90. The van der Waals surface area contributed by atoms with E-state index in [9.17, 15) is 0 Å². The zero-order chi connectivity index (χ0) is 7.72. The number of allylic oxidation sites excluding steroid dienone is 4. The highest BCUT2D eigenvalue weighted by Crippen LogP contribution is 2.31. The van der Waals surface area contributed by atoms with Crippen molar-refractivity contribution in [2.75, 3.05) is 0 Å². The van der Waals surface area contributed by atoms with Crippen LogP contribution in [-0.4, -0.2) is 0 Å². The number of hydrogen-bond donors (Lipinski definition) is 0. The number of halogens is 1. The Hall–Kier alpha value is 0.210. The molecule has 0 saturated heterocycles. The molecule has 1 heteroatoms. The van der Waals surface area contributed by atoms with Gasteiger partial charge in [-0.3, -0.25) is 0 Å². The van der Waals surface area contributed by atoms with Crippen molar-refractivity contribution in [3.63, 3.8) is 0 Å². The fraction of sp³-hybridized carbons (Fsp3) is 0.556. The normalized spacial score (nSPS) is 26.8. The van der Waals surface area contributed by atoms with Gasteiger partial charge in [0.2, 0.25) is 0 Å². The van der Waals surface area contributed by atoms with Gasteiger partial charge in [-0.05, 0) is 52.4 Å². The van der Waals surface area contributed by atoms with Crippen LogP contribution >= 0.6 is 22.6 Å². The molecule has 0 spiro atoms. The molecule has 0 fully saturated rings. The molecule has 0 nitrogen and oxygen atoms in total. The van der Waals surface area contributed by atoms with Crippen LogP contribution in [-0.2, 0) is 0 Å². The highest BCUT2D eigenvalue weighted by molar-refractivity contribution is 14.1. The van der Waals surface area contributed by atoms with E-state index in [1.54, 1.807) is 5.57 Å². The van der Waals surface area contributed by atoms with Gasteiger partial charge in [0, 0.05) is 0 Å². The predicted octanol–water partition coefficient (Wildman–Crippen LogP) is 3.68. The lowest BCUT2D eigenvalue weighted by Gasteiger charge is -2.18. The Kier molecular flexibility index (Phi) is 2.55. The first-order valence-electron chi connectivity index (χ1n) is 3.64. The minimum atomic E-state index is 0.761. The van der Waals surface area contributed by atoms with Crippen LogP contribution in [0.15, 0.2) is 20.8 Å². The summed E-state index contributed by atoms with van der Waals surface area (Å²) in [5.41, 5.74) is 3.02. The second-order valence-electron chi connectivity index (χ2n) is 3.06. The molecule has 1 aliphatic carbocycles. The molecule has 0 aromatic carbocycles. The summed E-state index contributed by atoms with van der Waals surface area (Å²) in [6, 6.07) is 0. The van der Waals surface area contributed by atoms with Gasteiger partial charge in [0.05, 0.1) is 0 Å². The maximum atomic E-state index is 2.42. The van der Waals surface area contributed by atoms with Crippen molar-refractivity contribution < 1.29 is 0 Å². The van der Waals surface area contributed by atoms with Crippen LogP contribution < -0.4 is 0 Å². The maximum Gasteiger partial charge on any atom is -0.00856 e. The summed E-state index contributed by atoms with van der Waals surface area (Å²) in [5.74, 6) is 0.761. The van der Waals surface area contributed by atoms with E-state index >= 15 is 0 Å². The van der Waals surface area contributed by atoms with Crippen LogP contribution in [0.25, 0.3) is 0 Å². The molecule has 0 heterocycles. The van der Waals surface area contributed by atoms with Crippen molar-refractivity contribution in [2.45, 2.75) is 27.2 Å². The molecule has 1 unspecified atom stereocenters. The van der Waals surface area contributed by atoms with Crippen molar-refractivity contribution in [3.8, 4) is 0 Å². The molecule has 1 aliphatic rings. The molecule has 0 saturated carbocycles. The smallest absolute Gasteiger partial charge is 0.00856 e. The molecular formula is C9H13I. The average Bonchev–Trinajstić information content (AvgIpc) is 1.82. The summed E-state index contributed by atoms with van der Waals surface area (Å²) in [6.07, 6.45) is 3.53. The quantitative estimate of drug-likeness (QED) is 0.573. The predicted molar refractivity (Wildman–Crippen MR) is 54.3 cm³/mol. The van der Waals surface area contributed by atoms with Gasteiger partial charge in [0.1, 0.15) is 0 Å². The molecule has 0 N–H and O–H groups in total. The van der Waals surface area contributed by atoms with Gasteiger partial charge in [-0.2, -0.15) is 0 Å². The standard InChI is InChI=1S/C9H13I/c1-6-4-9(10)5-7(2)8(6)3/h4,7H,5H2,1-3H3. The third-order valence-electron chi connectivity index (χ3n) is 2.24. The fourth-order valence-electron chi connectivity index (χ4n) is 1.24. The molecule has 0 radical (unpaired) electrons. The van der Waals surface area contributed by atoms with Crippen molar-refractivity contribution in [1.29, 1.82) is 0 Å². The van der Waals surface area contributed by atoms with Crippen LogP contribution in [0, 0.1) is 5.92 Å². The average molecular weight is 248 g/mol. The van der Waals surface area contributed by atoms with E-state index in [4.69, 9.17) is 0 Å². The minimum Gasteiger partial charge on any atom is -0.0672 e. The zero-order valence-corrected chi connectivity index (χ0v) is 8.90. The first kappa shape index (κ1) is 8.31. The first-order valence-corrected chi connectivity index (χ1v) is 4.72. The Morgan fingerprint density at radius 3 is 2.60 bits per heavy atom. The third kappa shape index (κ3) is 1.62. The van der Waals surface area contributed by atoms with Gasteiger partial charge in [0.25, 0.3) is 0 Å². The van der Waals surface area contributed by atoms with E-state index in [-0.39, 0.29) is 0 Å². The summed E-state index contributed by atoms with van der Waals surface area (Å²) >= 11 is 2.42. The van der Waals surface area contributed by atoms with Gasteiger partial charge in [-0.1, -0.05) is 24.1 Å². The lowest BCUT2D eigenvalue weighted by Crippen LogP contribution is -2.02. The fourth-order valence-corrected chi connectivity index (χ4v) is 2.37. The van der Waals surface area contributed by atoms with Crippen LogP contribution in [0.5, 0.6) is 0 Å². The van der Waals surface area contributed by atoms with Crippen molar-refractivity contribution >= 4 is 22.6 Å². The van der Waals surface area contributed by atoms with Crippen LogP contribution in [0.2, 0.25) is 0 Å². The van der Waals surface area contributed by atoms with E-state index in [0.29, 0.717) is 0 Å². The third-order valence-corrected chi connectivity index (χ3v) is 2.99. The highest BCUT2D eigenvalue weighted by atomic mass is 127. The largest absolute Gasteiger partial charge is 0.0672 e. The van der Waals surface area contributed by atoms with E-state index in [0.717, 1.165) is 5.92 Å². The van der Waals surface area contributed by atoms with E-state index in [2.05, 4.69) is 49.4 Å². The molecule has 1 rings (SSSR count). The monoisotopic (exact) mass is 248 g/mol. The van der Waals surface area contributed by atoms with Gasteiger partial charge in [0.15, 0.2) is 0 Å². The van der Waals surface area contributed by atoms with E-state index in [1.165, 1.54) is 15.6 Å². The van der Waals surface area contributed by atoms with Crippen LogP contribution in [0.1, 0.15) is 27.2 Å². The summed E-state index contributed by atoms with van der Waals surface area (Å²) in [5, 5.41) is 0. The van der Waals surface area contributed by atoms with Crippen molar-refractivity contribution in [3.05, 3.63) is 20.8 Å². The Balaban J connectivity index is 2.92. The van der Waals surface area contributed by atoms with E-state index < -0.39 is 0 Å². The summed E-state index contributed by atoms with van der Waals surface area (Å²) in [4.78, 5) is 0. The molecule has 0 aliphatic heterocycles. The maximum absolute atomic E-state index is 2.42. The first-order chi connectivity index (χ1) is 4.61. The minimum absolute atomic E-state index is 0.761. The van der Waals surface area contributed by atoms with Gasteiger partial charge in [-0.15, -0.1) is 0 Å². The SMILES string of the molecule is CC1=C(C)C(C)CC(I)=C1. The highest BCUT2D eigenvalue weighted by Gasteiger charge is 2.12. The van der Waals surface area contributed by atoms with Crippen LogP contribution in [0.3, 0.4) is 0 Å². The molecule has 0 aromatic rings. The molecular weight excluding hydrogens is 235 g/mol. The van der Waals surface area contributed by atoms with Gasteiger partial charge < -0.3 is 0 Å². The topological polar surface area (TPSA) is 0 Å². The Labute approximate surface area is 76.5 Å². The molecule has 56 valence electrons. The molecule has 0 amide bonds. The summed E-state index contributed by atoms with van der Waals surface area (Å²) in [6.45, 7) is 6.73. The zero-order valence-electron chi connectivity index (χ0n) is 6.74. The molecule has 10 heavy (non-hydrogen) atoms. The van der Waals surface area contributed by atoms with Gasteiger partial charge >= 0.3 is 0 Å². The van der Waals surface area contributed by atoms with Gasteiger partial charge in [-0.25, -0.2) is 0 Å². The number of rotatable bonds is 0. The lowest BCUT2D eigenvalue weighted by molar-refractivity contribution is 0.675. The molecule has 1 atom stereocenters. The molecule has 0 bridgehead atoms. The van der Waals surface area contributed by atoms with E-state index in [1.807, 2.05) is 0 Å². The summed E-state index contributed by atoms with van der Waals surface area (Å²) < 4.78 is 1.49. The second kappa shape index (κ2) is 3.07. The Morgan fingerprint density at radius 1 is 1.50 bits per heavy atom. The van der Waals surface area contributed by atoms with Crippen molar-refractivity contribution in [2.24, 2.45) is 5.92 Å². The Morgan fingerprint density at radius 2 is 2.10 bits per heavy atom. The van der Waals surface area contributed by atoms with Crippen molar-refractivity contribution in [1.82, 2.24) is 0 Å². The summed E-state index contributed by atoms with van der Waals surface area (Å²) in [7, 11) is 0.